The predicted octanol–water partition coefficient (Wildman–Crippen LogP) is 2.85. The third-order valence-electron chi connectivity index (χ3n) is 3.38. The summed E-state index contributed by atoms with van der Waals surface area (Å²) in [5.74, 6) is 0. The molecule has 0 amide bonds. The molecule has 82 valence electrons. The second kappa shape index (κ2) is 4.75. The van der Waals surface area contributed by atoms with Crippen LogP contribution in [0.3, 0.4) is 0 Å². The summed E-state index contributed by atoms with van der Waals surface area (Å²) in [4.78, 5) is 4.53. The van der Waals surface area contributed by atoms with Crippen LogP contribution in [0, 0.1) is 0 Å². The van der Waals surface area contributed by atoms with Crippen molar-refractivity contribution in [1.29, 1.82) is 0 Å². The van der Waals surface area contributed by atoms with Crippen LogP contribution in [0.2, 0.25) is 0 Å². The topological polar surface area (TPSA) is 24.9 Å². The molecule has 0 aliphatic heterocycles. The lowest BCUT2D eigenvalue weighted by Gasteiger charge is -2.37. The van der Waals surface area contributed by atoms with Crippen molar-refractivity contribution < 1.29 is 0 Å². The van der Waals surface area contributed by atoms with Gasteiger partial charge in [-0.05, 0) is 31.5 Å². The maximum absolute atomic E-state index is 4.53. The van der Waals surface area contributed by atoms with E-state index in [1.165, 1.54) is 37.8 Å². The van der Waals surface area contributed by atoms with Crippen LogP contribution in [0.25, 0.3) is 0 Å². The fourth-order valence-electron chi connectivity index (χ4n) is 2.66. The van der Waals surface area contributed by atoms with E-state index in [0.29, 0.717) is 0 Å². The first kappa shape index (κ1) is 10.6. The van der Waals surface area contributed by atoms with E-state index in [1.54, 1.807) is 0 Å². The van der Waals surface area contributed by atoms with E-state index >= 15 is 0 Å². The van der Waals surface area contributed by atoms with Gasteiger partial charge in [-0.15, -0.1) is 0 Å². The normalized spacial score (nSPS) is 20.1. The summed E-state index contributed by atoms with van der Waals surface area (Å²) in [5, 5.41) is 3.65. The minimum Gasteiger partial charge on any atom is -0.306 e. The molecular formula is C13H20N2. The van der Waals surface area contributed by atoms with Crippen LogP contribution < -0.4 is 5.32 Å². The molecule has 0 radical (unpaired) electrons. The number of nitrogens with zero attached hydrogens (tertiary/aromatic N) is 1. The van der Waals surface area contributed by atoms with Gasteiger partial charge in [-0.1, -0.05) is 32.3 Å². The lowest BCUT2D eigenvalue weighted by atomic mass is 9.79. The highest BCUT2D eigenvalue weighted by atomic mass is 15.0. The van der Waals surface area contributed by atoms with E-state index in [0.717, 1.165) is 6.54 Å². The minimum atomic E-state index is 0.161. The summed E-state index contributed by atoms with van der Waals surface area (Å²) in [5.41, 5.74) is 1.39. The molecule has 0 unspecified atom stereocenters. The van der Waals surface area contributed by atoms with Gasteiger partial charge < -0.3 is 5.32 Å². The van der Waals surface area contributed by atoms with Crippen LogP contribution in [-0.2, 0) is 5.54 Å². The molecule has 0 aromatic carbocycles. The third-order valence-corrected chi connectivity index (χ3v) is 3.38. The van der Waals surface area contributed by atoms with Gasteiger partial charge >= 0.3 is 0 Å². The largest absolute Gasteiger partial charge is 0.306 e. The number of hydrogen-bond acceptors (Lipinski definition) is 2. The summed E-state index contributed by atoms with van der Waals surface area (Å²) in [6.07, 6.45) is 8.39. The Hall–Kier alpha value is -0.890. The van der Waals surface area contributed by atoms with Crippen LogP contribution >= 0.6 is 0 Å². The average Bonchev–Trinajstić information content (AvgIpc) is 2.32. The Bertz CT molecular complexity index is 283. The van der Waals surface area contributed by atoms with Gasteiger partial charge in [-0.2, -0.15) is 0 Å². The lowest BCUT2D eigenvalue weighted by molar-refractivity contribution is 0.232. The highest BCUT2D eigenvalue weighted by molar-refractivity contribution is 5.16. The van der Waals surface area contributed by atoms with Gasteiger partial charge in [0.05, 0.1) is 11.2 Å². The Balaban J connectivity index is 2.25. The first-order chi connectivity index (χ1) is 7.37. The Morgan fingerprint density at radius 2 is 2.07 bits per heavy atom. The standard InChI is InChI=1S/C13H20N2/c1-2-15-13(9-5-3-6-10-13)12-8-4-7-11-14-12/h4,7-8,11,15H,2-3,5-6,9-10H2,1H3. The van der Waals surface area contributed by atoms with E-state index in [9.17, 15) is 0 Å². The van der Waals surface area contributed by atoms with Crippen molar-refractivity contribution in [2.45, 2.75) is 44.6 Å². The smallest absolute Gasteiger partial charge is 0.0608 e. The van der Waals surface area contributed by atoms with Gasteiger partial charge in [0, 0.05) is 6.20 Å². The zero-order valence-electron chi connectivity index (χ0n) is 9.50. The van der Waals surface area contributed by atoms with Crippen LogP contribution in [0.15, 0.2) is 24.4 Å². The maximum Gasteiger partial charge on any atom is 0.0608 e. The maximum atomic E-state index is 4.53. The molecule has 1 fully saturated rings. The number of pyridine rings is 1. The van der Waals surface area contributed by atoms with Gasteiger partial charge in [0.2, 0.25) is 0 Å². The van der Waals surface area contributed by atoms with Crippen molar-refractivity contribution in [3.05, 3.63) is 30.1 Å². The van der Waals surface area contributed by atoms with Crippen molar-refractivity contribution >= 4 is 0 Å². The summed E-state index contributed by atoms with van der Waals surface area (Å²) in [7, 11) is 0. The van der Waals surface area contributed by atoms with Gasteiger partial charge in [0.25, 0.3) is 0 Å². The Morgan fingerprint density at radius 3 is 2.67 bits per heavy atom. The van der Waals surface area contributed by atoms with Crippen molar-refractivity contribution in [1.82, 2.24) is 10.3 Å². The Kier molecular flexibility index (Phi) is 3.37. The van der Waals surface area contributed by atoms with Gasteiger partial charge in [-0.3, -0.25) is 4.98 Å². The van der Waals surface area contributed by atoms with Crippen molar-refractivity contribution in [2.24, 2.45) is 0 Å². The number of hydrogen-bond donors (Lipinski definition) is 1. The highest BCUT2D eigenvalue weighted by Gasteiger charge is 2.33. The van der Waals surface area contributed by atoms with Crippen LogP contribution in [0.5, 0.6) is 0 Å². The summed E-state index contributed by atoms with van der Waals surface area (Å²) in [6.45, 7) is 3.20. The first-order valence-corrected chi connectivity index (χ1v) is 6.04. The molecule has 1 aromatic heterocycles. The van der Waals surface area contributed by atoms with Crippen molar-refractivity contribution in [2.75, 3.05) is 6.54 Å². The summed E-state index contributed by atoms with van der Waals surface area (Å²) < 4.78 is 0. The molecule has 2 heteroatoms. The van der Waals surface area contributed by atoms with Crippen LogP contribution in [-0.4, -0.2) is 11.5 Å². The zero-order chi connectivity index (χ0) is 10.6. The SMILES string of the molecule is CCNC1(c2ccccn2)CCCCC1. The van der Waals surface area contributed by atoms with Crippen LogP contribution in [0.1, 0.15) is 44.7 Å². The number of aromatic nitrogens is 1. The summed E-state index contributed by atoms with van der Waals surface area (Å²) in [6, 6.07) is 6.25. The molecule has 1 aromatic rings. The minimum absolute atomic E-state index is 0.161. The molecule has 2 rings (SSSR count). The molecule has 2 nitrogen and oxygen atoms in total. The van der Waals surface area contributed by atoms with E-state index in [4.69, 9.17) is 0 Å². The summed E-state index contributed by atoms with van der Waals surface area (Å²) >= 11 is 0. The molecule has 1 heterocycles. The van der Waals surface area contributed by atoms with E-state index in [1.807, 2.05) is 12.3 Å². The van der Waals surface area contributed by atoms with Crippen molar-refractivity contribution in [3.8, 4) is 0 Å². The van der Waals surface area contributed by atoms with Crippen molar-refractivity contribution in [3.63, 3.8) is 0 Å². The fraction of sp³-hybridized carbons (Fsp3) is 0.615. The predicted molar refractivity (Wildman–Crippen MR) is 62.7 cm³/mol. The number of rotatable bonds is 3. The quantitative estimate of drug-likeness (QED) is 0.819. The van der Waals surface area contributed by atoms with E-state index in [2.05, 4.69) is 29.4 Å². The molecule has 1 saturated carbocycles. The molecule has 0 atom stereocenters. The second-order valence-corrected chi connectivity index (χ2v) is 4.39. The molecule has 0 bridgehead atoms. The molecular weight excluding hydrogens is 184 g/mol. The molecule has 0 saturated heterocycles. The highest BCUT2D eigenvalue weighted by Crippen LogP contribution is 2.35. The van der Waals surface area contributed by atoms with E-state index in [-0.39, 0.29) is 5.54 Å². The Labute approximate surface area is 92.1 Å². The average molecular weight is 204 g/mol. The molecule has 15 heavy (non-hydrogen) atoms. The first-order valence-electron chi connectivity index (χ1n) is 6.04. The fourth-order valence-corrected chi connectivity index (χ4v) is 2.66. The lowest BCUT2D eigenvalue weighted by Crippen LogP contribution is -2.44. The molecule has 1 aliphatic rings. The second-order valence-electron chi connectivity index (χ2n) is 4.39. The third kappa shape index (κ3) is 2.20. The van der Waals surface area contributed by atoms with E-state index < -0.39 is 0 Å². The van der Waals surface area contributed by atoms with Crippen LogP contribution in [0.4, 0.5) is 0 Å². The zero-order valence-corrected chi connectivity index (χ0v) is 9.50. The van der Waals surface area contributed by atoms with Gasteiger partial charge in [0.15, 0.2) is 0 Å². The molecule has 0 spiro atoms. The van der Waals surface area contributed by atoms with Gasteiger partial charge in [0.1, 0.15) is 0 Å². The molecule has 1 N–H and O–H groups in total. The Morgan fingerprint density at radius 1 is 1.27 bits per heavy atom. The molecule has 1 aliphatic carbocycles. The number of nitrogens with one attached hydrogen (secondary N) is 1. The monoisotopic (exact) mass is 204 g/mol. The van der Waals surface area contributed by atoms with Gasteiger partial charge in [-0.25, -0.2) is 0 Å².